The number of pyridine rings is 2. The van der Waals surface area contributed by atoms with Crippen LogP contribution in [0.25, 0.3) is 38.1 Å². The minimum Gasteiger partial charge on any atom is -0.307 e. The van der Waals surface area contributed by atoms with E-state index in [0.29, 0.717) is 27.1 Å². The minimum atomic E-state index is -0.854. The molecule has 7 aromatic rings. The summed E-state index contributed by atoms with van der Waals surface area (Å²) in [5.74, 6) is 0. The van der Waals surface area contributed by atoms with Crippen molar-refractivity contribution >= 4 is 61.9 Å². The molecule has 1 atom stereocenters. The number of fused-ring (bicyclic) bond motifs is 6. The SMILES string of the molecule is CC1(C)c2ccccc2P(c2ccccc2)c2cc3c(=O)c4cccc5c(=O)c6ccccc6n(c3cc21)c54. The Hall–Kier alpha value is -4.33. The summed E-state index contributed by atoms with van der Waals surface area (Å²) in [6.07, 6.45) is 0. The van der Waals surface area contributed by atoms with E-state index < -0.39 is 7.92 Å². The summed E-state index contributed by atoms with van der Waals surface area (Å²) in [6, 6.07) is 37.1. The van der Waals surface area contributed by atoms with Crippen LogP contribution in [0.1, 0.15) is 25.0 Å². The summed E-state index contributed by atoms with van der Waals surface area (Å²) in [4.78, 5) is 27.7. The molecule has 0 N–H and O–H groups in total. The number of hydrogen-bond acceptors (Lipinski definition) is 2. The fourth-order valence-corrected chi connectivity index (χ4v) is 9.59. The molecule has 4 heteroatoms. The Morgan fingerprint density at radius 3 is 2.00 bits per heavy atom. The van der Waals surface area contributed by atoms with E-state index in [1.54, 1.807) is 0 Å². The van der Waals surface area contributed by atoms with E-state index in [9.17, 15) is 9.59 Å². The molecule has 8 rings (SSSR count). The zero-order valence-electron chi connectivity index (χ0n) is 21.6. The lowest BCUT2D eigenvalue weighted by molar-refractivity contribution is 0.648. The van der Waals surface area contributed by atoms with Gasteiger partial charge in [0.15, 0.2) is 10.9 Å². The lowest BCUT2D eigenvalue weighted by Gasteiger charge is -2.40. The predicted molar refractivity (Wildman–Crippen MR) is 164 cm³/mol. The minimum absolute atomic E-state index is 0.0206. The Morgan fingerprint density at radius 1 is 0.564 bits per heavy atom. The van der Waals surface area contributed by atoms with Gasteiger partial charge in [-0.15, -0.1) is 0 Å². The molecule has 0 saturated carbocycles. The van der Waals surface area contributed by atoms with Crippen molar-refractivity contribution in [3.8, 4) is 0 Å². The highest BCUT2D eigenvalue weighted by Crippen LogP contribution is 2.47. The second-order valence-electron chi connectivity index (χ2n) is 10.9. The van der Waals surface area contributed by atoms with Crippen molar-refractivity contribution in [2.45, 2.75) is 19.3 Å². The molecular formula is C35H24NO2P. The van der Waals surface area contributed by atoms with Crippen LogP contribution in [-0.2, 0) is 5.41 Å². The van der Waals surface area contributed by atoms with Crippen molar-refractivity contribution < 1.29 is 0 Å². The summed E-state index contributed by atoms with van der Waals surface area (Å²) in [5, 5.41) is 6.37. The number of rotatable bonds is 1. The van der Waals surface area contributed by atoms with Gasteiger partial charge in [0.25, 0.3) is 0 Å². The van der Waals surface area contributed by atoms with E-state index in [2.05, 4.69) is 85.0 Å². The average molecular weight is 522 g/mol. The average Bonchev–Trinajstić information content (AvgIpc) is 2.97. The van der Waals surface area contributed by atoms with Crippen LogP contribution in [0.15, 0.2) is 119 Å². The summed E-state index contributed by atoms with van der Waals surface area (Å²) < 4.78 is 2.15. The van der Waals surface area contributed by atoms with Gasteiger partial charge in [0.1, 0.15) is 0 Å². The summed E-state index contributed by atoms with van der Waals surface area (Å²) >= 11 is 0. The number of para-hydroxylation sites is 2. The molecule has 0 bridgehead atoms. The van der Waals surface area contributed by atoms with Gasteiger partial charge in [-0.2, -0.15) is 0 Å². The van der Waals surface area contributed by atoms with E-state index in [1.807, 2.05) is 42.5 Å². The summed E-state index contributed by atoms with van der Waals surface area (Å²) in [6.45, 7) is 4.57. The Balaban J connectivity index is 1.62. The van der Waals surface area contributed by atoms with Crippen molar-refractivity contribution in [1.29, 1.82) is 0 Å². The highest BCUT2D eigenvalue weighted by Gasteiger charge is 2.38. The Labute approximate surface area is 226 Å². The Bertz CT molecular complexity index is 2250. The topological polar surface area (TPSA) is 38.5 Å². The molecular weight excluding hydrogens is 497 g/mol. The van der Waals surface area contributed by atoms with Crippen molar-refractivity contribution in [2.75, 3.05) is 0 Å². The van der Waals surface area contributed by atoms with Crippen LogP contribution in [0.5, 0.6) is 0 Å². The molecule has 1 aliphatic rings. The highest BCUT2D eigenvalue weighted by atomic mass is 31.1. The predicted octanol–water partition coefficient (Wildman–Crippen LogP) is 5.95. The van der Waals surface area contributed by atoms with Gasteiger partial charge in [0.2, 0.25) is 0 Å². The first-order valence-corrected chi connectivity index (χ1v) is 14.6. The molecule has 186 valence electrons. The second-order valence-corrected chi connectivity index (χ2v) is 13.1. The number of aromatic nitrogens is 1. The summed E-state index contributed by atoms with van der Waals surface area (Å²) in [5.41, 5.74) is 4.63. The highest BCUT2D eigenvalue weighted by molar-refractivity contribution is 7.80. The third-order valence-electron chi connectivity index (χ3n) is 8.48. The van der Waals surface area contributed by atoms with Gasteiger partial charge in [-0.1, -0.05) is 86.6 Å². The molecule has 3 nitrogen and oxygen atoms in total. The fraction of sp³-hybridized carbons (Fsp3) is 0.0857. The molecule has 1 aliphatic heterocycles. The zero-order chi connectivity index (χ0) is 26.5. The third-order valence-corrected chi connectivity index (χ3v) is 11.0. The van der Waals surface area contributed by atoms with Crippen LogP contribution in [0.2, 0.25) is 0 Å². The summed E-state index contributed by atoms with van der Waals surface area (Å²) in [7, 11) is -0.854. The molecule has 0 spiro atoms. The smallest absolute Gasteiger partial charge is 0.197 e. The largest absolute Gasteiger partial charge is 0.307 e. The monoisotopic (exact) mass is 521 g/mol. The molecule has 39 heavy (non-hydrogen) atoms. The van der Waals surface area contributed by atoms with E-state index in [4.69, 9.17) is 0 Å². The van der Waals surface area contributed by atoms with E-state index in [0.717, 1.165) is 11.0 Å². The van der Waals surface area contributed by atoms with Crippen LogP contribution in [0, 0.1) is 0 Å². The van der Waals surface area contributed by atoms with E-state index >= 15 is 0 Å². The maximum absolute atomic E-state index is 14.2. The first kappa shape index (κ1) is 22.6. The normalized spacial score (nSPS) is 16.1. The van der Waals surface area contributed by atoms with E-state index in [1.165, 1.54) is 27.0 Å². The number of nitrogens with zero attached hydrogens (tertiary/aromatic N) is 1. The number of benzene rings is 5. The first-order chi connectivity index (χ1) is 19.0. The maximum atomic E-state index is 14.2. The molecule has 0 aliphatic carbocycles. The van der Waals surface area contributed by atoms with Crippen LogP contribution < -0.4 is 26.8 Å². The van der Waals surface area contributed by atoms with Crippen LogP contribution in [0.4, 0.5) is 0 Å². The molecule has 0 amide bonds. The molecule has 5 aromatic carbocycles. The standard InChI is InChI=1S/C35H24NO2P/c1-35(2)26-16-7-9-18-30(26)39(21-11-4-3-5-12-21)31-19-25-29(20-27(31)35)36-28-17-8-6-13-22(28)33(37)23-14-10-15-24(32(23)36)34(25)38/h3-20H,1-2H3. The van der Waals surface area contributed by atoms with Crippen molar-refractivity contribution in [2.24, 2.45) is 0 Å². The van der Waals surface area contributed by atoms with Gasteiger partial charge in [0, 0.05) is 27.0 Å². The molecule has 0 radical (unpaired) electrons. The van der Waals surface area contributed by atoms with Gasteiger partial charge in [-0.25, -0.2) is 0 Å². The Kier molecular flexibility index (Phi) is 4.55. The molecule has 0 saturated heterocycles. The third kappa shape index (κ3) is 2.91. The van der Waals surface area contributed by atoms with Crippen molar-refractivity contribution in [3.05, 3.63) is 141 Å². The molecule has 0 fully saturated rings. The van der Waals surface area contributed by atoms with Gasteiger partial charge in [-0.3, -0.25) is 9.59 Å². The quantitative estimate of drug-likeness (QED) is 0.152. The van der Waals surface area contributed by atoms with Crippen LogP contribution >= 0.6 is 7.92 Å². The fourth-order valence-electron chi connectivity index (χ4n) is 6.63. The Morgan fingerprint density at radius 2 is 1.21 bits per heavy atom. The lowest BCUT2D eigenvalue weighted by atomic mass is 9.77. The molecule has 1 unspecified atom stereocenters. The number of hydrogen-bond donors (Lipinski definition) is 0. The second kappa shape index (κ2) is 7.85. The van der Waals surface area contributed by atoms with Crippen molar-refractivity contribution in [3.63, 3.8) is 0 Å². The zero-order valence-corrected chi connectivity index (χ0v) is 22.5. The van der Waals surface area contributed by atoms with Crippen LogP contribution in [0.3, 0.4) is 0 Å². The molecule has 2 aromatic heterocycles. The lowest BCUT2D eigenvalue weighted by Crippen LogP contribution is -2.40. The molecule has 3 heterocycles. The van der Waals surface area contributed by atoms with Crippen molar-refractivity contribution in [1.82, 2.24) is 4.40 Å². The van der Waals surface area contributed by atoms with Gasteiger partial charge >= 0.3 is 0 Å². The van der Waals surface area contributed by atoms with Gasteiger partial charge in [0.05, 0.1) is 16.6 Å². The van der Waals surface area contributed by atoms with E-state index in [-0.39, 0.29) is 16.3 Å². The van der Waals surface area contributed by atoms with Crippen LogP contribution in [-0.4, -0.2) is 4.40 Å². The maximum Gasteiger partial charge on any atom is 0.197 e. The van der Waals surface area contributed by atoms with Gasteiger partial charge in [-0.05, 0) is 71.4 Å². The first-order valence-electron chi connectivity index (χ1n) is 13.2. The van der Waals surface area contributed by atoms with Gasteiger partial charge < -0.3 is 4.40 Å².